The predicted molar refractivity (Wildman–Crippen MR) is 88.5 cm³/mol. The number of halogens is 1. The summed E-state index contributed by atoms with van der Waals surface area (Å²) in [5, 5.41) is 10.4. The third-order valence-electron chi connectivity index (χ3n) is 4.26. The lowest BCUT2D eigenvalue weighted by Crippen LogP contribution is -2.38. The average Bonchev–Trinajstić information content (AvgIpc) is 3.36. The topological polar surface area (TPSA) is 36.4 Å². The fourth-order valence-corrected chi connectivity index (χ4v) is 3.09. The first-order valence-electron chi connectivity index (χ1n) is 7.76. The number of nitrogens with zero attached hydrogens (tertiary/aromatic N) is 2. The second kappa shape index (κ2) is 7.23. The molecule has 0 saturated heterocycles. The van der Waals surface area contributed by atoms with Crippen LogP contribution in [0.3, 0.4) is 0 Å². The van der Waals surface area contributed by atoms with E-state index in [0.29, 0.717) is 17.6 Å². The molecule has 1 saturated carbocycles. The number of aliphatic hydroxyl groups excluding tert-OH is 1. The van der Waals surface area contributed by atoms with E-state index < -0.39 is 0 Å². The molecule has 2 aromatic rings. The Kier molecular flexibility index (Phi) is 5.08. The van der Waals surface area contributed by atoms with Gasteiger partial charge in [-0.3, -0.25) is 4.90 Å². The maximum Gasteiger partial charge on any atom is 0.133 e. The molecule has 116 valence electrons. The van der Waals surface area contributed by atoms with Crippen molar-refractivity contribution < 1.29 is 5.11 Å². The maximum absolute atomic E-state index is 9.84. The van der Waals surface area contributed by atoms with Crippen molar-refractivity contribution in [2.75, 3.05) is 6.61 Å². The van der Waals surface area contributed by atoms with Gasteiger partial charge in [0.2, 0.25) is 0 Å². The summed E-state index contributed by atoms with van der Waals surface area (Å²) in [5.41, 5.74) is 2.26. The Balaban J connectivity index is 1.80. The number of rotatable bonds is 7. The Labute approximate surface area is 136 Å². The van der Waals surface area contributed by atoms with Crippen molar-refractivity contribution in [2.24, 2.45) is 5.92 Å². The summed E-state index contributed by atoms with van der Waals surface area (Å²) in [5.74, 6) is 0.601. The van der Waals surface area contributed by atoms with Crippen molar-refractivity contribution in [2.45, 2.75) is 32.0 Å². The third kappa shape index (κ3) is 3.86. The van der Waals surface area contributed by atoms with Crippen LogP contribution >= 0.6 is 11.6 Å². The number of hydrogen-bond acceptors (Lipinski definition) is 3. The summed E-state index contributed by atoms with van der Waals surface area (Å²) in [7, 11) is 0. The Morgan fingerprint density at radius 3 is 2.55 bits per heavy atom. The van der Waals surface area contributed by atoms with Crippen LogP contribution in [-0.2, 0) is 13.1 Å². The molecule has 0 bridgehead atoms. The molecule has 1 unspecified atom stereocenters. The highest BCUT2D eigenvalue weighted by atomic mass is 35.5. The maximum atomic E-state index is 9.84. The predicted octanol–water partition coefficient (Wildman–Crippen LogP) is 3.51. The zero-order valence-corrected chi connectivity index (χ0v) is 13.3. The van der Waals surface area contributed by atoms with E-state index in [-0.39, 0.29) is 12.6 Å². The molecule has 1 heterocycles. The van der Waals surface area contributed by atoms with E-state index in [0.717, 1.165) is 12.1 Å². The SMILES string of the molecule is OCC(C1CC1)N(Cc1ccccc1)Cc1cccnc1Cl. The molecule has 0 aliphatic heterocycles. The van der Waals surface area contributed by atoms with Crippen molar-refractivity contribution in [3.05, 3.63) is 64.9 Å². The van der Waals surface area contributed by atoms with Gasteiger partial charge in [0.1, 0.15) is 5.15 Å². The lowest BCUT2D eigenvalue weighted by molar-refractivity contribution is 0.0944. The molecule has 4 heteroatoms. The minimum Gasteiger partial charge on any atom is -0.395 e. The van der Waals surface area contributed by atoms with Gasteiger partial charge in [0.25, 0.3) is 0 Å². The molecule has 1 aromatic carbocycles. The van der Waals surface area contributed by atoms with E-state index in [9.17, 15) is 5.11 Å². The van der Waals surface area contributed by atoms with Crippen LogP contribution in [-0.4, -0.2) is 27.6 Å². The lowest BCUT2D eigenvalue weighted by atomic mass is 10.1. The van der Waals surface area contributed by atoms with E-state index in [1.807, 2.05) is 18.2 Å². The summed E-state index contributed by atoms with van der Waals surface area (Å²) in [4.78, 5) is 6.49. The molecule has 22 heavy (non-hydrogen) atoms. The summed E-state index contributed by atoms with van der Waals surface area (Å²) >= 11 is 6.21. The van der Waals surface area contributed by atoms with Crippen LogP contribution in [0, 0.1) is 5.92 Å². The van der Waals surface area contributed by atoms with Crippen LogP contribution in [0.5, 0.6) is 0 Å². The summed E-state index contributed by atoms with van der Waals surface area (Å²) in [6.45, 7) is 1.71. The molecular weight excluding hydrogens is 296 g/mol. The minimum absolute atomic E-state index is 0.190. The van der Waals surface area contributed by atoms with Crippen LogP contribution in [0.1, 0.15) is 24.0 Å². The molecule has 3 nitrogen and oxygen atoms in total. The van der Waals surface area contributed by atoms with E-state index >= 15 is 0 Å². The van der Waals surface area contributed by atoms with Gasteiger partial charge in [-0.2, -0.15) is 0 Å². The van der Waals surface area contributed by atoms with E-state index in [4.69, 9.17) is 11.6 Å². The molecule has 0 radical (unpaired) electrons. The number of hydrogen-bond donors (Lipinski definition) is 1. The third-order valence-corrected chi connectivity index (χ3v) is 4.60. The van der Waals surface area contributed by atoms with E-state index in [2.05, 4.69) is 34.1 Å². The van der Waals surface area contributed by atoms with Crippen LogP contribution in [0.25, 0.3) is 0 Å². The standard InChI is InChI=1S/C18H21ClN2O/c19-18-16(7-4-10-20-18)12-21(17(13-22)15-8-9-15)11-14-5-2-1-3-6-14/h1-7,10,15,17,22H,8-9,11-13H2. The zero-order valence-electron chi connectivity index (χ0n) is 12.5. The van der Waals surface area contributed by atoms with Crippen LogP contribution in [0.15, 0.2) is 48.7 Å². The number of benzene rings is 1. The molecule has 0 spiro atoms. The van der Waals surface area contributed by atoms with Gasteiger partial charge in [-0.1, -0.05) is 48.0 Å². The number of aromatic nitrogens is 1. The molecule has 1 aliphatic carbocycles. The van der Waals surface area contributed by atoms with Crippen molar-refractivity contribution >= 4 is 11.6 Å². The molecular formula is C18H21ClN2O. The second-order valence-electron chi connectivity index (χ2n) is 5.93. The highest BCUT2D eigenvalue weighted by Crippen LogP contribution is 2.36. The van der Waals surface area contributed by atoms with Gasteiger partial charge in [-0.25, -0.2) is 4.98 Å². The first-order valence-corrected chi connectivity index (χ1v) is 8.14. The van der Waals surface area contributed by atoms with Crippen LogP contribution < -0.4 is 0 Å². The zero-order chi connectivity index (χ0) is 15.4. The van der Waals surface area contributed by atoms with E-state index in [1.165, 1.54) is 18.4 Å². The second-order valence-corrected chi connectivity index (χ2v) is 6.29. The fourth-order valence-electron chi connectivity index (χ4n) is 2.91. The van der Waals surface area contributed by atoms with Crippen molar-refractivity contribution in [3.63, 3.8) is 0 Å². The normalized spacial score (nSPS) is 16.0. The van der Waals surface area contributed by atoms with Crippen molar-refractivity contribution in [1.29, 1.82) is 0 Å². The molecule has 1 aromatic heterocycles. The van der Waals surface area contributed by atoms with Gasteiger partial charge in [0, 0.05) is 30.9 Å². The highest BCUT2D eigenvalue weighted by Gasteiger charge is 2.35. The summed E-state index contributed by atoms with van der Waals surface area (Å²) in [6, 6.07) is 14.5. The average molecular weight is 317 g/mol. The Morgan fingerprint density at radius 2 is 1.91 bits per heavy atom. The van der Waals surface area contributed by atoms with Gasteiger partial charge in [0.15, 0.2) is 0 Å². The van der Waals surface area contributed by atoms with Crippen molar-refractivity contribution in [1.82, 2.24) is 9.88 Å². The molecule has 1 atom stereocenters. The number of aliphatic hydroxyl groups is 1. The number of pyridine rings is 1. The molecule has 1 N–H and O–H groups in total. The van der Waals surface area contributed by atoms with Gasteiger partial charge in [-0.15, -0.1) is 0 Å². The molecule has 3 rings (SSSR count). The highest BCUT2D eigenvalue weighted by molar-refractivity contribution is 6.30. The van der Waals surface area contributed by atoms with E-state index in [1.54, 1.807) is 6.20 Å². The molecule has 0 amide bonds. The minimum atomic E-state index is 0.190. The Bertz CT molecular complexity index is 601. The Hall–Kier alpha value is -1.42. The van der Waals surface area contributed by atoms with Gasteiger partial charge >= 0.3 is 0 Å². The van der Waals surface area contributed by atoms with Gasteiger partial charge in [-0.05, 0) is 30.4 Å². The van der Waals surface area contributed by atoms with Gasteiger partial charge < -0.3 is 5.11 Å². The Morgan fingerprint density at radius 1 is 1.14 bits per heavy atom. The van der Waals surface area contributed by atoms with Crippen molar-refractivity contribution in [3.8, 4) is 0 Å². The fraction of sp³-hybridized carbons (Fsp3) is 0.389. The summed E-state index contributed by atoms with van der Waals surface area (Å²) in [6.07, 6.45) is 4.12. The smallest absolute Gasteiger partial charge is 0.133 e. The molecule has 1 aliphatic rings. The largest absolute Gasteiger partial charge is 0.395 e. The lowest BCUT2D eigenvalue weighted by Gasteiger charge is -2.31. The quantitative estimate of drug-likeness (QED) is 0.794. The van der Waals surface area contributed by atoms with Crippen LogP contribution in [0.2, 0.25) is 5.15 Å². The first kappa shape index (κ1) is 15.5. The summed E-state index contributed by atoms with van der Waals surface area (Å²) < 4.78 is 0. The first-order chi connectivity index (χ1) is 10.8. The van der Waals surface area contributed by atoms with Crippen LogP contribution in [0.4, 0.5) is 0 Å². The molecule has 1 fully saturated rings. The monoisotopic (exact) mass is 316 g/mol. The van der Waals surface area contributed by atoms with Gasteiger partial charge in [0.05, 0.1) is 6.61 Å².